The van der Waals surface area contributed by atoms with Gasteiger partial charge >= 0.3 is 6.18 Å². The molecule has 0 aliphatic heterocycles. The molecule has 0 fully saturated rings. The standard InChI is InChI=1S/C7H6F3N3O/c1-3(14)5-6(7(8,9)10)13-4(11)2-12-5/h2H,1H3,(H2,11,13). The van der Waals surface area contributed by atoms with E-state index < -0.39 is 23.3 Å². The van der Waals surface area contributed by atoms with Crippen LogP contribution in [0.1, 0.15) is 23.1 Å². The predicted octanol–water partition coefficient (Wildman–Crippen LogP) is 1.28. The lowest BCUT2D eigenvalue weighted by atomic mass is 10.2. The van der Waals surface area contributed by atoms with Crippen molar-refractivity contribution in [2.24, 2.45) is 0 Å². The maximum absolute atomic E-state index is 12.3. The first-order valence-electron chi connectivity index (χ1n) is 3.53. The molecule has 1 rings (SSSR count). The Labute approximate surface area is 77.0 Å². The Morgan fingerprint density at radius 3 is 2.50 bits per heavy atom. The largest absolute Gasteiger partial charge is 0.435 e. The molecular weight excluding hydrogens is 199 g/mol. The number of hydrogen-bond donors (Lipinski definition) is 1. The number of anilines is 1. The summed E-state index contributed by atoms with van der Waals surface area (Å²) < 4.78 is 36.8. The molecule has 0 bridgehead atoms. The molecule has 0 aliphatic carbocycles. The Hall–Kier alpha value is -1.66. The molecule has 0 aromatic carbocycles. The molecule has 14 heavy (non-hydrogen) atoms. The highest BCUT2D eigenvalue weighted by atomic mass is 19.4. The first kappa shape index (κ1) is 10.4. The van der Waals surface area contributed by atoms with E-state index in [-0.39, 0.29) is 5.82 Å². The third kappa shape index (κ3) is 1.98. The SMILES string of the molecule is CC(=O)c1ncc(N)nc1C(F)(F)F. The van der Waals surface area contributed by atoms with E-state index in [1.54, 1.807) is 0 Å². The van der Waals surface area contributed by atoms with Crippen LogP contribution < -0.4 is 5.73 Å². The van der Waals surface area contributed by atoms with Gasteiger partial charge in [-0.25, -0.2) is 9.97 Å². The van der Waals surface area contributed by atoms with Crippen molar-refractivity contribution in [2.75, 3.05) is 5.73 Å². The summed E-state index contributed by atoms with van der Waals surface area (Å²) in [6.45, 7) is 0.982. The summed E-state index contributed by atoms with van der Waals surface area (Å²) in [6.07, 6.45) is -3.81. The summed E-state index contributed by atoms with van der Waals surface area (Å²) >= 11 is 0. The zero-order valence-corrected chi connectivity index (χ0v) is 7.09. The van der Waals surface area contributed by atoms with Crippen molar-refractivity contribution in [1.82, 2.24) is 9.97 Å². The molecule has 0 aliphatic rings. The number of alkyl halides is 3. The first-order valence-corrected chi connectivity index (χ1v) is 3.53. The second-order valence-corrected chi connectivity index (χ2v) is 2.55. The van der Waals surface area contributed by atoms with Gasteiger partial charge in [0.2, 0.25) is 0 Å². The van der Waals surface area contributed by atoms with Crippen molar-refractivity contribution >= 4 is 11.6 Å². The molecule has 0 amide bonds. The second-order valence-electron chi connectivity index (χ2n) is 2.55. The van der Waals surface area contributed by atoms with Gasteiger partial charge in [0.25, 0.3) is 0 Å². The summed E-state index contributed by atoms with van der Waals surface area (Å²) in [6, 6.07) is 0. The average molecular weight is 205 g/mol. The lowest BCUT2D eigenvalue weighted by Gasteiger charge is -2.08. The fourth-order valence-electron chi connectivity index (χ4n) is 0.858. The van der Waals surface area contributed by atoms with E-state index in [4.69, 9.17) is 5.73 Å². The number of hydrogen-bond acceptors (Lipinski definition) is 4. The van der Waals surface area contributed by atoms with Crippen LogP contribution in [0.4, 0.5) is 19.0 Å². The van der Waals surface area contributed by atoms with E-state index in [1.165, 1.54) is 0 Å². The number of nitrogen functional groups attached to an aromatic ring is 1. The highest BCUT2D eigenvalue weighted by Crippen LogP contribution is 2.30. The number of rotatable bonds is 1. The van der Waals surface area contributed by atoms with Gasteiger partial charge in [0.15, 0.2) is 11.5 Å². The molecule has 0 radical (unpaired) electrons. The summed E-state index contributed by atoms with van der Waals surface area (Å²) in [5.41, 5.74) is 2.98. The minimum Gasteiger partial charge on any atom is -0.382 e. The number of carbonyl (C=O) groups is 1. The van der Waals surface area contributed by atoms with E-state index >= 15 is 0 Å². The van der Waals surface area contributed by atoms with Gasteiger partial charge in [0, 0.05) is 6.92 Å². The van der Waals surface area contributed by atoms with Crippen LogP contribution in [0.5, 0.6) is 0 Å². The van der Waals surface area contributed by atoms with Crippen LogP contribution >= 0.6 is 0 Å². The zero-order chi connectivity index (χ0) is 10.9. The molecule has 0 saturated carbocycles. The van der Waals surface area contributed by atoms with Gasteiger partial charge in [0.1, 0.15) is 11.5 Å². The minimum atomic E-state index is -4.72. The molecule has 2 N–H and O–H groups in total. The van der Waals surface area contributed by atoms with Crippen LogP contribution in [0, 0.1) is 0 Å². The maximum atomic E-state index is 12.3. The predicted molar refractivity (Wildman–Crippen MR) is 41.5 cm³/mol. The molecule has 1 aromatic rings. The van der Waals surface area contributed by atoms with Crippen molar-refractivity contribution in [1.29, 1.82) is 0 Å². The van der Waals surface area contributed by atoms with Crippen LogP contribution in [-0.4, -0.2) is 15.8 Å². The Bertz CT molecular complexity index is 375. The highest BCUT2D eigenvalue weighted by molar-refractivity contribution is 5.93. The van der Waals surface area contributed by atoms with Crippen LogP contribution in [0.25, 0.3) is 0 Å². The summed E-state index contributed by atoms with van der Waals surface area (Å²) in [5, 5.41) is 0. The highest BCUT2D eigenvalue weighted by Gasteiger charge is 2.37. The number of Topliss-reactive ketones (excluding diaryl/α,β-unsaturated/α-hetero) is 1. The first-order chi connectivity index (χ1) is 6.32. The molecule has 7 heteroatoms. The second kappa shape index (κ2) is 3.24. The molecule has 1 aromatic heterocycles. The molecule has 76 valence electrons. The van der Waals surface area contributed by atoms with Crippen molar-refractivity contribution in [2.45, 2.75) is 13.1 Å². The Morgan fingerprint density at radius 1 is 1.50 bits per heavy atom. The number of carbonyl (C=O) groups excluding carboxylic acids is 1. The normalized spacial score (nSPS) is 11.4. The summed E-state index contributed by atoms with van der Waals surface area (Å²) in [7, 11) is 0. The lowest BCUT2D eigenvalue weighted by Crippen LogP contribution is -2.17. The Morgan fingerprint density at radius 2 is 2.07 bits per heavy atom. The van der Waals surface area contributed by atoms with Crippen molar-refractivity contribution in [3.05, 3.63) is 17.6 Å². The number of nitrogens with two attached hydrogens (primary N) is 1. The minimum absolute atomic E-state index is 0.373. The van der Waals surface area contributed by atoms with Gasteiger partial charge in [-0.1, -0.05) is 0 Å². The molecule has 0 saturated heterocycles. The number of ketones is 1. The van der Waals surface area contributed by atoms with Crippen molar-refractivity contribution < 1.29 is 18.0 Å². The lowest BCUT2D eigenvalue weighted by molar-refractivity contribution is -0.141. The van der Waals surface area contributed by atoms with Crippen LogP contribution in [0.3, 0.4) is 0 Å². The van der Waals surface area contributed by atoms with Gasteiger partial charge < -0.3 is 5.73 Å². The van der Waals surface area contributed by atoms with Gasteiger partial charge in [-0.05, 0) is 0 Å². The van der Waals surface area contributed by atoms with Crippen molar-refractivity contribution in [3.8, 4) is 0 Å². The molecular formula is C7H6F3N3O. The van der Waals surface area contributed by atoms with Gasteiger partial charge in [-0.15, -0.1) is 0 Å². The van der Waals surface area contributed by atoms with Gasteiger partial charge in [0.05, 0.1) is 6.20 Å². The topological polar surface area (TPSA) is 68.9 Å². The van der Waals surface area contributed by atoms with E-state index in [0.717, 1.165) is 13.1 Å². The number of nitrogens with zero attached hydrogens (tertiary/aromatic N) is 2. The van der Waals surface area contributed by atoms with E-state index in [9.17, 15) is 18.0 Å². The third-order valence-electron chi connectivity index (χ3n) is 1.39. The molecule has 1 heterocycles. The summed E-state index contributed by atoms with van der Waals surface area (Å²) in [4.78, 5) is 17.1. The van der Waals surface area contributed by atoms with Gasteiger partial charge in [-0.3, -0.25) is 4.79 Å². The number of halogens is 3. The Balaban J connectivity index is 3.38. The maximum Gasteiger partial charge on any atom is 0.435 e. The van der Waals surface area contributed by atoms with Crippen molar-refractivity contribution in [3.63, 3.8) is 0 Å². The monoisotopic (exact) mass is 205 g/mol. The molecule has 4 nitrogen and oxygen atoms in total. The fraction of sp³-hybridized carbons (Fsp3) is 0.286. The molecule has 0 unspecified atom stereocenters. The van der Waals surface area contributed by atoms with Crippen LogP contribution in [0.15, 0.2) is 6.20 Å². The number of aromatic nitrogens is 2. The fourth-order valence-corrected chi connectivity index (χ4v) is 0.858. The summed E-state index contributed by atoms with van der Waals surface area (Å²) in [5.74, 6) is -1.17. The van der Waals surface area contributed by atoms with E-state index in [1.807, 2.05) is 0 Å². The molecule has 0 spiro atoms. The molecule has 0 atom stereocenters. The van der Waals surface area contributed by atoms with E-state index in [2.05, 4.69) is 9.97 Å². The Kier molecular flexibility index (Phi) is 2.41. The smallest absolute Gasteiger partial charge is 0.382 e. The third-order valence-corrected chi connectivity index (χ3v) is 1.39. The van der Waals surface area contributed by atoms with Gasteiger partial charge in [-0.2, -0.15) is 13.2 Å². The van der Waals surface area contributed by atoms with E-state index in [0.29, 0.717) is 0 Å². The van der Waals surface area contributed by atoms with Crippen LogP contribution in [0.2, 0.25) is 0 Å². The quantitative estimate of drug-likeness (QED) is 0.701. The van der Waals surface area contributed by atoms with Crippen LogP contribution in [-0.2, 0) is 6.18 Å². The zero-order valence-electron chi connectivity index (χ0n) is 7.09. The average Bonchev–Trinajstić information content (AvgIpc) is 2.01.